The maximum Gasteiger partial charge on any atom is 0.325 e. The van der Waals surface area contributed by atoms with Gasteiger partial charge in [0.2, 0.25) is 5.92 Å². The molecule has 1 rings (SSSR count). The van der Waals surface area contributed by atoms with Crippen molar-refractivity contribution in [2.45, 2.75) is 12.5 Å². The van der Waals surface area contributed by atoms with E-state index in [0.29, 0.717) is 5.56 Å². The topological polar surface area (TPSA) is 118 Å². The van der Waals surface area contributed by atoms with Crippen molar-refractivity contribution in [1.82, 2.24) is 0 Å². The van der Waals surface area contributed by atoms with Gasteiger partial charge in [-0.15, -0.1) is 0 Å². The van der Waals surface area contributed by atoms with E-state index < -0.39 is 29.2 Å². The summed E-state index contributed by atoms with van der Waals surface area (Å²) in [6.45, 7) is 1.30. The third-order valence-corrected chi connectivity index (χ3v) is 2.64. The SMILES string of the molecule is CC(N)(C(=O)C(C(=O)O)C(=O)O)c1ccccc1. The van der Waals surface area contributed by atoms with Crippen molar-refractivity contribution >= 4 is 17.7 Å². The third-order valence-electron chi connectivity index (χ3n) is 2.64. The van der Waals surface area contributed by atoms with Gasteiger partial charge in [0.25, 0.3) is 0 Å². The fraction of sp³-hybridized carbons (Fsp3) is 0.250. The van der Waals surface area contributed by atoms with Gasteiger partial charge in [0.15, 0.2) is 5.78 Å². The molecule has 0 fully saturated rings. The number of rotatable bonds is 5. The maximum atomic E-state index is 12.0. The monoisotopic (exact) mass is 251 g/mol. The Morgan fingerprint density at radius 2 is 1.56 bits per heavy atom. The van der Waals surface area contributed by atoms with Gasteiger partial charge in [-0.1, -0.05) is 30.3 Å². The number of nitrogens with two attached hydrogens (primary N) is 1. The molecule has 1 aromatic rings. The molecule has 0 heterocycles. The second-order valence-electron chi connectivity index (χ2n) is 4.04. The Balaban J connectivity index is 3.16. The normalized spacial score (nSPS) is 13.9. The summed E-state index contributed by atoms with van der Waals surface area (Å²) in [7, 11) is 0. The highest BCUT2D eigenvalue weighted by Gasteiger charge is 2.43. The predicted octanol–water partition coefficient (Wildman–Crippen LogP) is 0.215. The molecule has 0 saturated carbocycles. The van der Waals surface area contributed by atoms with Crippen molar-refractivity contribution in [2.75, 3.05) is 0 Å². The van der Waals surface area contributed by atoms with E-state index in [1.165, 1.54) is 6.92 Å². The van der Waals surface area contributed by atoms with Crippen LogP contribution in [0.2, 0.25) is 0 Å². The van der Waals surface area contributed by atoms with Crippen LogP contribution in [0, 0.1) is 5.92 Å². The number of carboxylic acids is 2. The highest BCUT2D eigenvalue weighted by molar-refractivity contribution is 6.16. The molecule has 0 spiro atoms. The van der Waals surface area contributed by atoms with Gasteiger partial charge in [-0.2, -0.15) is 0 Å². The van der Waals surface area contributed by atoms with Crippen LogP contribution in [0.4, 0.5) is 0 Å². The van der Waals surface area contributed by atoms with Gasteiger partial charge in [0.1, 0.15) is 0 Å². The number of hydrogen-bond donors (Lipinski definition) is 3. The Bertz CT molecular complexity index is 467. The Kier molecular flexibility index (Phi) is 3.82. The molecule has 4 N–H and O–H groups in total. The van der Waals surface area contributed by atoms with E-state index in [1.54, 1.807) is 30.3 Å². The zero-order chi connectivity index (χ0) is 13.9. The van der Waals surface area contributed by atoms with Gasteiger partial charge in [0.05, 0.1) is 5.54 Å². The van der Waals surface area contributed by atoms with Crippen LogP contribution in [0.3, 0.4) is 0 Å². The number of carbonyl (C=O) groups is 3. The van der Waals surface area contributed by atoms with Crippen molar-refractivity contribution in [3.8, 4) is 0 Å². The molecule has 0 radical (unpaired) electrons. The number of carbonyl (C=O) groups excluding carboxylic acids is 1. The fourth-order valence-electron chi connectivity index (χ4n) is 1.56. The standard InChI is InChI=1S/C12H13NO5/c1-12(13,7-5-3-2-4-6-7)9(14)8(10(15)16)11(17)18/h2-6,8H,13H2,1H3,(H,15,16)(H,17,18). The van der Waals surface area contributed by atoms with E-state index in [-0.39, 0.29) is 0 Å². The number of aliphatic carboxylic acids is 2. The number of Topliss-reactive ketones (excluding diaryl/α,β-unsaturated/α-hetero) is 1. The summed E-state index contributed by atoms with van der Waals surface area (Å²) in [5.41, 5.74) is 4.48. The lowest BCUT2D eigenvalue weighted by Gasteiger charge is -2.25. The molecule has 0 bridgehead atoms. The smallest absolute Gasteiger partial charge is 0.325 e. The molecule has 1 aromatic carbocycles. The first-order chi connectivity index (χ1) is 8.28. The maximum absolute atomic E-state index is 12.0. The average molecular weight is 251 g/mol. The molecule has 1 unspecified atom stereocenters. The minimum absolute atomic E-state index is 0.363. The van der Waals surface area contributed by atoms with Crippen LogP contribution in [0.15, 0.2) is 30.3 Å². The van der Waals surface area contributed by atoms with E-state index in [2.05, 4.69) is 0 Å². The number of benzene rings is 1. The lowest BCUT2D eigenvalue weighted by Crippen LogP contribution is -2.49. The Morgan fingerprint density at radius 3 is 1.94 bits per heavy atom. The number of hydrogen-bond acceptors (Lipinski definition) is 4. The Labute approximate surface area is 103 Å². The van der Waals surface area contributed by atoms with Gasteiger partial charge in [-0.25, -0.2) is 0 Å². The quantitative estimate of drug-likeness (QED) is 0.644. The van der Waals surface area contributed by atoms with Gasteiger partial charge in [-0.3, -0.25) is 14.4 Å². The van der Waals surface area contributed by atoms with Crippen LogP contribution in [-0.2, 0) is 19.9 Å². The molecule has 0 aromatic heterocycles. The van der Waals surface area contributed by atoms with E-state index in [4.69, 9.17) is 15.9 Å². The molecular formula is C12H13NO5. The minimum atomic E-state index is -2.17. The number of ketones is 1. The van der Waals surface area contributed by atoms with Crippen LogP contribution in [0.25, 0.3) is 0 Å². The summed E-state index contributed by atoms with van der Waals surface area (Å²) in [4.78, 5) is 33.6. The van der Waals surface area contributed by atoms with Crippen molar-refractivity contribution in [3.63, 3.8) is 0 Å². The van der Waals surface area contributed by atoms with Crippen LogP contribution in [0.5, 0.6) is 0 Å². The average Bonchev–Trinajstić information content (AvgIpc) is 2.29. The van der Waals surface area contributed by atoms with Gasteiger partial charge in [-0.05, 0) is 12.5 Å². The fourth-order valence-corrected chi connectivity index (χ4v) is 1.56. The van der Waals surface area contributed by atoms with Crippen LogP contribution < -0.4 is 5.73 Å². The second kappa shape index (κ2) is 4.97. The molecule has 6 heteroatoms. The van der Waals surface area contributed by atoms with Crippen LogP contribution in [0.1, 0.15) is 12.5 Å². The van der Waals surface area contributed by atoms with Crippen molar-refractivity contribution in [3.05, 3.63) is 35.9 Å². The Morgan fingerprint density at radius 1 is 1.11 bits per heavy atom. The van der Waals surface area contributed by atoms with Crippen molar-refractivity contribution < 1.29 is 24.6 Å². The zero-order valence-electron chi connectivity index (χ0n) is 9.66. The van der Waals surface area contributed by atoms with E-state index in [9.17, 15) is 14.4 Å². The van der Waals surface area contributed by atoms with E-state index >= 15 is 0 Å². The molecule has 0 saturated heterocycles. The van der Waals surface area contributed by atoms with Gasteiger partial charge >= 0.3 is 11.9 Å². The summed E-state index contributed by atoms with van der Waals surface area (Å²) in [5.74, 6) is -6.67. The highest BCUT2D eigenvalue weighted by Crippen LogP contribution is 2.22. The van der Waals surface area contributed by atoms with E-state index in [1.807, 2.05) is 0 Å². The highest BCUT2D eigenvalue weighted by atomic mass is 16.4. The first-order valence-electron chi connectivity index (χ1n) is 5.12. The molecule has 6 nitrogen and oxygen atoms in total. The lowest BCUT2D eigenvalue weighted by molar-refractivity contribution is -0.159. The molecule has 18 heavy (non-hydrogen) atoms. The third kappa shape index (κ3) is 2.54. The largest absolute Gasteiger partial charge is 0.480 e. The molecule has 0 aliphatic heterocycles. The lowest BCUT2D eigenvalue weighted by atomic mass is 9.82. The van der Waals surface area contributed by atoms with Crippen molar-refractivity contribution in [2.24, 2.45) is 11.7 Å². The van der Waals surface area contributed by atoms with Gasteiger partial charge < -0.3 is 15.9 Å². The predicted molar refractivity (Wildman–Crippen MR) is 61.8 cm³/mol. The van der Waals surface area contributed by atoms with E-state index in [0.717, 1.165) is 0 Å². The second-order valence-corrected chi connectivity index (χ2v) is 4.04. The summed E-state index contributed by atoms with van der Waals surface area (Å²) in [6.07, 6.45) is 0. The molecule has 0 aliphatic carbocycles. The Hall–Kier alpha value is -2.21. The van der Waals surface area contributed by atoms with Crippen molar-refractivity contribution in [1.29, 1.82) is 0 Å². The van der Waals surface area contributed by atoms with Crippen LogP contribution in [-0.4, -0.2) is 27.9 Å². The summed E-state index contributed by atoms with van der Waals surface area (Å²) >= 11 is 0. The molecule has 96 valence electrons. The molecule has 0 aliphatic rings. The summed E-state index contributed by atoms with van der Waals surface area (Å²) in [6, 6.07) is 8.04. The molecule has 1 atom stereocenters. The zero-order valence-corrected chi connectivity index (χ0v) is 9.66. The molecular weight excluding hydrogens is 238 g/mol. The van der Waals surface area contributed by atoms with Gasteiger partial charge in [0, 0.05) is 0 Å². The number of carboxylic acid groups (broad SMARTS) is 2. The minimum Gasteiger partial charge on any atom is -0.480 e. The molecule has 0 amide bonds. The first-order valence-corrected chi connectivity index (χ1v) is 5.12. The summed E-state index contributed by atoms with van der Waals surface area (Å²) < 4.78 is 0. The first kappa shape index (κ1) is 13.9. The summed E-state index contributed by atoms with van der Waals surface area (Å²) in [5, 5.41) is 17.5. The van der Waals surface area contributed by atoms with Crippen LogP contribution >= 0.6 is 0 Å².